The van der Waals surface area contributed by atoms with Crippen LogP contribution in [-0.2, 0) is 5.60 Å². The van der Waals surface area contributed by atoms with E-state index in [0.717, 1.165) is 24.8 Å². The molecular formula is C14H18Cl2O. The van der Waals surface area contributed by atoms with Crippen molar-refractivity contribution in [1.82, 2.24) is 0 Å². The molecule has 1 aromatic rings. The zero-order valence-electron chi connectivity index (χ0n) is 10.2. The van der Waals surface area contributed by atoms with Crippen LogP contribution in [-0.4, -0.2) is 5.11 Å². The zero-order chi connectivity index (χ0) is 12.6. The van der Waals surface area contributed by atoms with Crippen molar-refractivity contribution in [2.24, 2.45) is 11.8 Å². The molecule has 0 radical (unpaired) electrons. The molecule has 0 aliphatic heterocycles. The summed E-state index contributed by atoms with van der Waals surface area (Å²) in [6, 6.07) is 5.46. The minimum atomic E-state index is -0.749. The van der Waals surface area contributed by atoms with Crippen molar-refractivity contribution >= 4 is 23.2 Å². The molecule has 0 heterocycles. The monoisotopic (exact) mass is 272 g/mol. The lowest BCUT2D eigenvalue weighted by Crippen LogP contribution is -2.38. The summed E-state index contributed by atoms with van der Waals surface area (Å²) in [4.78, 5) is 0. The van der Waals surface area contributed by atoms with Crippen LogP contribution in [0.15, 0.2) is 18.2 Å². The molecule has 17 heavy (non-hydrogen) atoms. The van der Waals surface area contributed by atoms with Gasteiger partial charge in [0.15, 0.2) is 0 Å². The topological polar surface area (TPSA) is 20.2 Å². The fourth-order valence-electron chi connectivity index (χ4n) is 2.82. The van der Waals surface area contributed by atoms with E-state index in [-0.39, 0.29) is 5.92 Å². The maximum absolute atomic E-state index is 10.8. The molecule has 1 aromatic carbocycles. The standard InChI is InChI=1S/C14H18Cl2O/c1-9-5-6-14(17,10(2)7-9)11-3-4-12(15)13(16)8-11/h3-4,8-10,17H,5-7H2,1-2H3. The third-order valence-corrected chi connectivity index (χ3v) is 4.75. The fraction of sp³-hybridized carbons (Fsp3) is 0.571. The Labute approximate surface area is 113 Å². The van der Waals surface area contributed by atoms with Crippen LogP contribution in [0.2, 0.25) is 10.0 Å². The Morgan fingerprint density at radius 2 is 1.94 bits per heavy atom. The second-order valence-corrected chi connectivity index (χ2v) is 6.15. The zero-order valence-corrected chi connectivity index (χ0v) is 11.7. The highest BCUT2D eigenvalue weighted by Crippen LogP contribution is 2.44. The maximum Gasteiger partial charge on any atom is 0.0922 e. The van der Waals surface area contributed by atoms with Gasteiger partial charge in [0.05, 0.1) is 15.6 Å². The van der Waals surface area contributed by atoms with Crippen LogP contribution in [0.5, 0.6) is 0 Å². The van der Waals surface area contributed by atoms with E-state index >= 15 is 0 Å². The third kappa shape index (κ3) is 2.47. The molecule has 3 unspecified atom stereocenters. The average molecular weight is 273 g/mol. The second kappa shape index (κ2) is 4.79. The highest BCUT2D eigenvalue weighted by atomic mass is 35.5. The summed E-state index contributed by atoms with van der Waals surface area (Å²) < 4.78 is 0. The lowest BCUT2D eigenvalue weighted by molar-refractivity contribution is -0.0587. The predicted octanol–water partition coefficient (Wildman–Crippen LogP) is 4.64. The normalized spacial score (nSPS) is 33.7. The van der Waals surface area contributed by atoms with E-state index < -0.39 is 5.60 Å². The molecule has 0 amide bonds. The Kier molecular flexibility index (Phi) is 3.72. The van der Waals surface area contributed by atoms with Crippen LogP contribution < -0.4 is 0 Å². The molecule has 1 aliphatic carbocycles. The summed E-state index contributed by atoms with van der Waals surface area (Å²) in [6.07, 6.45) is 2.91. The largest absolute Gasteiger partial charge is 0.385 e. The van der Waals surface area contributed by atoms with Crippen LogP contribution >= 0.6 is 23.2 Å². The lowest BCUT2D eigenvalue weighted by atomic mass is 9.69. The average Bonchev–Trinajstić information content (AvgIpc) is 2.28. The van der Waals surface area contributed by atoms with Crippen molar-refractivity contribution < 1.29 is 5.11 Å². The van der Waals surface area contributed by atoms with Crippen LogP contribution in [0.25, 0.3) is 0 Å². The van der Waals surface area contributed by atoms with Crippen molar-refractivity contribution in [2.75, 3.05) is 0 Å². The van der Waals surface area contributed by atoms with Gasteiger partial charge in [-0.25, -0.2) is 0 Å². The quantitative estimate of drug-likeness (QED) is 0.790. The molecule has 1 saturated carbocycles. The molecule has 1 nitrogen and oxygen atoms in total. The number of hydrogen-bond acceptors (Lipinski definition) is 1. The Hall–Kier alpha value is -0.240. The molecule has 0 spiro atoms. The Balaban J connectivity index is 2.34. The summed E-state index contributed by atoms with van der Waals surface area (Å²) in [5, 5.41) is 11.9. The highest BCUT2D eigenvalue weighted by molar-refractivity contribution is 6.42. The molecule has 0 saturated heterocycles. The molecule has 1 fully saturated rings. The van der Waals surface area contributed by atoms with E-state index in [9.17, 15) is 5.11 Å². The number of hydrogen-bond donors (Lipinski definition) is 1. The van der Waals surface area contributed by atoms with Gasteiger partial charge in [-0.2, -0.15) is 0 Å². The number of halogens is 2. The minimum absolute atomic E-state index is 0.253. The summed E-state index contributed by atoms with van der Waals surface area (Å²) in [6.45, 7) is 4.35. The van der Waals surface area contributed by atoms with Gasteiger partial charge < -0.3 is 5.11 Å². The molecule has 0 bridgehead atoms. The van der Waals surface area contributed by atoms with Crippen molar-refractivity contribution in [1.29, 1.82) is 0 Å². The van der Waals surface area contributed by atoms with Gasteiger partial charge in [-0.15, -0.1) is 0 Å². The molecule has 1 N–H and O–H groups in total. The maximum atomic E-state index is 10.8. The first-order chi connectivity index (χ1) is 7.93. The predicted molar refractivity (Wildman–Crippen MR) is 72.5 cm³/mol. The SMILES string of the molecule is CC1CCC(O)(c2ccc(Cl)c(Cl)c2)C(C)C1. The van der Waals surface area contributed by atoms with Gasteiger partial charge in [-0.1, -0.05) is 43.1 Å². The van der Waals surface area contributed by atoms with Crippen LogP contribution in [0.3, 0.4) is 0 Å². The van der Waals surface area contributed by atoms with E-state index in [1.54, 1.807) is 12.1 Å². The Bertz CT molecular complexity index is 419. The smallest absolute Gasteiger partial charge is 0.0922 e. The first-order valence-corrected chi connectivity index (χ1v) is 6.87. The summed E-state index contributed by atoms with van der Waals surface area (Å²) in [5.41, 5.74) is 0.145. The molecular weight excluding hydrogens is 255 g/mol. The number of rotatable bonds is 1. The first-order valence-electron chi connectivity index (χ1n) is 6.11. The summed E-state index contributed by atoms with van der Waals surface area (Å²) in [5.74, 6) is 0.941. The van der Waals surface area contributed by atoms with E-state index in [2.05, 4.69) is 13.8 Å². The molecule has 0 aromatic heterocycles. The molecule has 2 rings (SSSR count). The van der Waals surface area contributed by atoms with Crippen molar-refractivity contribution in [3.05, 3.63) is 33.8 Å². The Morgan fingerprint density at radius 3 is 2.53 bits per heavy atom. The van der Waals surface area contributed by atoms with Crippen LogP contribution in [0, 0.1) is 11.8 Å². The third-order valence-electron chi connectivity index (χ3n) is 4.01. The van der Waals surface area contributed by atoms with Crippen molar-refractivity contribution in [3.63, 3.8) is 0 Å². The molecule has 3 heteroatoms. The van der Waals surface area contributed by atoms with Gasteiger partial charge in [0, 0.05) is 0 Å². The Morgan fingerprint density at radius 1 is 1.24 bits per heavy atom. The highest BCUT2D eigenvalue weighted by Gasteiger charge is 2.39. The number of aliphatic hydroxyl groups is 1. The van der Waals surface area contributed by atoms with E-state index in [1.165, 1.54) is 0 Å². The van der Waals surface area contributed by atoms with E-state index in [1.807, 2.05) is 6.07 Å². The van der Waals surface area contributed by atoms with Crippen molar-refractivity contribution in [3.8, 4) is 0 Å². The fourth-order valence-corrected chi connectivity index (χ4v) is 3.12. The summed E-state index contributed by atoms with van der Waals surface area (Å²) >= 11 is 11.9. The molecule has 94 valence electrons. The van der Waals surface area contributed by atoms with Gasteiger partial charge in [0.2, 0.25) is 0 Å². The second-order valence-electron chi connectivity index (χ2n) is 5.33. The van der Waals surface area contributed by atoms with Crippen LogP contribution in [0.4, 0.5) is 0 Å². The van der Waals surface area contributed by atoms with Gasteiger partial charge in [-0.05, 0) is 48.8 Å². The summed E-state index contributed by atoms with van der Waals surface area (Å²) in [7, 11) is 0. The lowest BCUT2D eigenvalue weighted by Gasteiger charge is -2.41. The first kappa shape index (κ1) is 13.2. The van der Waals surface area contributed by atoms with Gasteiger partial charge >= 0.3 is 0 Å². The van der Waals surface area contributed by atoms with Gasteiger partial charge in [0.1, 0.15) is 0 Å². The van der Waals surface area contributed by atoms with E-state index in [0.29, 0.717) is 16.0 Å². The van der Waals surface area contributed by atoms with Crippen molar-refractivity contribution in [2.45, 2.75) is 38.7 Å². The minimum Gasteiger partial charge on any atom is -0.385 e. The number of benzene rings is 1. The molecule has 3 atom stereocenters. The molecule has 1 aliphatic rings. The van der Waals surface area contributed by atoms with Gasteiger partial charge in [0.25, 0.3) is 0 Å². The van der Waals surface area contributed by atoms with Gasteiger partial charge in [-0.3, -0.25) is 0 Å². The van der Waals surface area contributed by atoms with Crippen LogP contribution in [0.1, 0.15) is 38.7 Å². The van der Waals surface area contributed by atoms with E-state index in [4.69, 9.17) is 23.2 Å².